The van der Waals surface area contributed by atoms with Gasteiger partial charge in [0.1, 0.15) is 5.69 Å². The highest BCUT2D eigenvalue weighted by Crippen LogP contribution is 2.58. The summed E-state index contributed by atoms with van der Waals surface area (Å²) >= 11 is 0. The second kappa shape index (κ2) is 6.36. The van der Waals surface area contributed by atoms with Crippen LogP contribution in [-0.4, -0.2) is 11.3 Å². The fraction of sp³-hybridized carbons (Fsp3) is 0.636. The summed E-state index contributed by atoms with van der Waals surface area (Å²) in [5, 5.41) is 0. The van der Waals surface area contributed by atoms with Gasteiger partial charge in [0.15, 0.2) is 6.29 Å². The van der Waals surface area contributed by atoms with E-state index in [1.165, 1.54) is 32.1 Å². The van der Waals surface area contributed by atoms with Gasteiger partial charge in [-0.2, -0.15) is 0 Å². The molecule has 2 nitrogen and oxygen atoms in total. The molecule has 0 bridgehead atoms. The van der Waals surface area contributed by atoms with E-state index in [1.807, 2.05) is 6.07 Å². The van der Waals surface area contributed by atoms with Crippen molar-refractivity contribution in [1.82, 2.24) is 4.98 Å². The molecular weight excluding hydrogens is 294 g/mol. The Labute approximate surface area is 146 Å². The van der Waals surface area contributed by atoms with E-state index in [4.69, 9.17) is 0 Å². The quantitative estimate of drug-likeness (QED) is 0.530. The summed E-state index contributed by atoms with van der Waals surface area (Å²) < 4.78 is 0. The molecule has 0 spiro atoms. The van der Waals surface area contributed by atoms with Crippen LogP contribution >= 0.6 is 0 Å². The van der Waals surface area contributed by atoms with Crippen molar-refractivity contribution in [1.29, 1.82) is 0 Å². The maximum Gasteiger partial charge on any atom is 0.151 e. The van der Waals surface area contributed by atoms with E-state index in [-0.39, 0.29) is 0 Å². The highest BCUT2D eigenvalue weighted by Gasteiger charge is 2.49. The highest BCUT2D eigenvalue weighted by atomic mass is 16.1. The van der Waals surface area contributed by atoms with Gasteiger partial charge in [-0.15, -0.1) is 0 Å². The first-order chi connectivity index (χ1) is 11.3. The number of hydrogen-bond acceptors (Lipinski definition) is 2. The summed E-state index contributed by atoms with van der Waals surface area (Å²) in [4.78, 5) is 15.0. The summed E-state index contributed by atoms with van der Waals surface area (Å²) in [5.41, 5.74) is 2.29. The second-order valence-electron chi connectivity index (χ2n) is 9.06. The normalized spacial score (nSPS) is 30.6. The average molecular weight is 323 g/mol. The van der Waals surface area contributed by atoms with Crippen LogP contribution in [0.15, 0.2) is 18.3 Å². The summed E-state index contributed by atoms with van der Waals surface area (Å²) in [6, 6.07) is 3.63. The lowest BCUT2D eigenvalue weighted by molar-refractivity contribution is -0.0523. The Balaban J connectivity index is 1.74. The van der Waals surface area contributed by atoms with Gasteiger partial charge in [0.2, 0.25) is 0 Å². The van der Waals surface area contributed by atoms with Crippen LogP contribution in [0.5, 0.6) is 0 Å². The number of rotatable bonds is 1. The molecule has 24 heavy (non-hydrogen) atoms. The number of pyridine rings is 1. The molecule has 0 N–H and O–H groups in total. The van der Waals surface area contributed by atoms with Crippen LogP contribution in [0.4, 0.5) is 0 Å². The Bertz CT molecular complexity index is 659. The monoisotopic (exact) mass is 323 g/mol. The smallest absolute Gasteiger partial charge is 0.151 e. The van der Waals surface area contributed by atoms with E-state index < -0.39 is 0 Å². The summed E-state index contributed by atoms with van der Waals surface area (Å²) in [5.74, 6) is 8.80. The van der Waals surface area contributed by atoms with Crippen LogP contribution < -0.4 is 0 Å². The first-order valence-corrected chi connectivity index (χ1v) is 9.25. The van der Waals surface area contributed by atoms with Crippen molar-refractivity contribution >= 4 is 6.29 Å². The first-order valence-electron chi connectivity index (χ1n) is 9.25. The number of carbonyl (C=O) groups excluding carboxylic acids is 1. The van der Waals surface area contributed by atoms with Gasteiger partial charge in [0.05, 0.1) is 0 Å². The molecule has 1 aromatic rings. The Morgan fingerprint density at radius 1 is 1.08 bits per heavy atom. The number of nitrogens with zero attached hydrogens (tertiary/aromatic N) is 1. The van der Waals surface area contributed by atoms with Gasteiger partial charge in [-0.05, 0) is 72.8 Å². The van der Waals surface area contributed by atoms with E-state index in [2.05, 4.69) is 44.5 Å². The van der Waals surface area contributed by atoms with Crippen molar-refractivity contribution in [2.24, 2.45) is 28.6 Å². The van der Waals surface area contributed by atoms with Crippen LogP contribution in [0, 0.1) is 40.4 Å². The van der Waals surface area contributed by atoms with Gasteiger partial charge >= 0.3 is 0 Å². The van der Waals surface area contributed by atoms with Crippen LogP contribution in [0.2, 0.25) is 0 Å². The Hall–Kier alpha value is -1.62. The SMILES string of the molecule is CC1(C)CCC(C)(C)C2CC(C#Cc3ccc(C=O)cn3)CCC21. The fourth-order valence-electron chi connectivity index (χ4n) is 4.84. The van der Waals surface area contributed by atoms with Crippen LogP contribution in [0.3, 0.4) is 0 Å². The molecule has 128 valence electrons. The second-order valence-corrected chi connectivity index (χ2v) is 9.06. The molecule has 0 radical (unpaired) electrons. The molecule has 2 saturated carbocycles. The molecule has 0 amide bonds. The average Bonchev–Trinajstić information content (AvgIpc) is 2.58. The van der Waals surface area contributed by atoms with Crippen molar-refractivity contribution in [3.05, 3.63) is 29.6 Å². The lowest BCUT2D eigenvalue weighted by Gasteiger charge is -2.55. The minimum atomic E-state index is 0.435. The minimum Gasteiger partial charge on any atom is -0.298 e. The molecule has 2 fully saturated rings. The van der Waals surface area contributed by atoms with Crippen molar-refractivity contribution < 1.29 is 4.79 Å². The van der Waals surface area contributed by atoms with E-state index >= 15 is 0 Å². The molecule has 1 heterocycles. The molecule has 3 rings (SSSR count). The van der Waals surface area contributed by atoms with Gasteiger partial charge in [0, 0.05) is 17.7 Å². The van der Waals surface area contributed by atoms with Gasteiger partial charge in [-0.1, -0.05) is 33.6 Å². The molecule has 0 aromatic carbocycles. The summed E-state index contributed by atoms with van der Waals surface area (Å²) in [7, 11) is 0. The third-order valence-corrected chi connectivity index (χ3v) is 6.60. The van der Waals surface area contributed by atoms with Gasteiger partial charge in [-0.25, -0.2) is 4.98 Å². The largest absolute Gasteiger partial charge is 0.298 e. The van der Waals surface area contributed by atoms with Crippen molar-refractivity contribution in [3.8, 4) is 11.8 Å². The van der Waals surface area contributed by atoms with E-state index in [0.29, 0.717) is 22.3 Å². The highest BCUT2D eigenvalue weighted by molar-refractivity contribution is 5.74. The predicted octanol–water partition coefficient (Wildman–Crippen LogP) is 5.12. The maximum absolute atomic E-state index is 10.7. The van der Waals surface area contributed by atoms with E-state index in [1.54, 1.807) is 12.3 Å². The minimum absolute atomic E-state index is 0.435. The molecule has 1 aromatic heterocycles. The van der Waals surface area contributed by atoms with E-state index in [9.17, 15) is 4.79 Å². The number of aldehydes is 1. The number of hydrogen-bond donors (Lipinski definition) is 0. The molecule has 2 aliphatic rings. The standard InChI is InChI=1S/C22H29NO/c1-21(2)11-12-22(3,4)20-13-16(7-10-19(20)21)5-8-18-9-6-17(15-24)14-23-18/h6,9,14-16,19-20H,7,10-13H2,1-4H3. The molecular formula is C22H29NO. The lowest BCUT2D eigenvalue weighted by Crippen LogP contribution is -2.47. The molecule has 3 atom stereocenters. The maximum atomic E-state index is 10.7. The zero-order chi connectivity index (χ0) is 17.4. The van der Waals surface area contributed by atoms with Gasteiger partial charge < -0.3 is 0 Å². The van der Waals surface area contributed by atoms with Crippen LogP contribution in [-0.2, 0) is 0 Å². The molecule has 0 aliphatic heterocycles. The van der Waals surface area contributed by atoms with Gasteiger partial charge in [0.25, 0.3) is 0 Å². The summed E-state index contributed by atoms with van der Waals surface area (Å²) in [6.45, 7) is 9.83. The van der Waals surface area contributed by atoms with Crippen molar-refractivity contribution in [2.75, 3.05) is 0 Å². The van der Waals surface area contributed by atoms with Crippen molar-refractivity contribution in [3.63, 3.8) is 0 Å². The molecule has 2 aliphatic carbocycles. The Morgan fingerprint density at radius 3 is 2.42 bits per heavy atom. The molecule has 0 saturated heterocycles. The van der Waals surface area contributed by atoms with E-state index in [0.717, 1.165) is 23.8 Å². The Morgan fingerprint density at radius 2 is 1.79 bits per heavy atom. The third-order valence-electron chi connectivity index (χ3n) is 6.60. The van der Waals surface area contributed by atoms with Gasteiger partial charge in [-0.3, -0.25) is 4.79 Å². The molecule has 3 unspecified atom stereocenters. The summed E-state index contributed by atoms with van der Waals surface area (Å²) in [6.07, 6.45) is 8.83. The fourth-order valence-corrected chi connectivity index (χ4v) is 4.84. The van der Waals surface area contributed by atoms with Crippen LogP contribution in [0.25, 0.3) is 0 Å². The third kappa shape index (κ3) is 3.41. The zero-order valence-corrected chi connectivity index (χ0v) is 15.4. The van der Waals surface area contributed by atoms with Crippen LogP contribution in [0.1, 0.15) is 75.9 Å². The van der Waals surface area contributed by atoms with Crippen molar-refractivity contribution in [2.45, 2.75) is 59.8 Å². The number of carbonyl (C=O) groups is 1. The topological polar surface area (TPSA) is 30.0 Å². The first kappa shape index (κ1) is 17.2. The number of aromatic nitrogens is 1. The zero-order valence-electron chi connectivity index (χ0n) is 15.4. The predicted molar refractivity (Wildman–Crippen MR) is 97.6 cm³/mol. The molecule has 2 heteroatoms. The lowest BCUT2D eigenvalue weighted by atomic mass is 9.50. The Kier molecular flexibility index (Phi) is 4.56. The number of fused-ring (bicyclic) bond motifs is 1.